The average Bonchev–Trinajstić information content (AvgIpc) is 2.91. The van der Waals surface area contributed by atoms with E-state index in [0.717, 1.165) is 12.1 Å². The Labute approximate surface area is 109 Å². The van der Waals surface area contributed by atoms with Crippen molar-refractivity contribution in [3.8, 4) is 0 Å². The van der Waals surface area contributed by atoms with Crippen LogP contribution in [-0.4, -0.2) is 29.9 Å². The fraction of sp³-hybridized carbons (Fsp3) is 0.385. The summed E-state index contributed by atoms with van der Waals surface area (Å²) in [6.07, 6.45) is 0.501. The van der Waals surface area contributed by atoms with Gasteiger partial charge in [-0.3, -0.25) is 0 Å². The standard InChI is InChI=1S/C13H14FN3O2/c14-10-3-1-9(2-4-10)7-12-16-13(17-19-12)11-8-18-6-5-15-11/h1-4,11,15H,5-8H2. The molecule has 1 aromatic heterocycles. The first kappa shape index (κ1) is 12.3. The van der Waals surface area contributed by atoms with E-state index < -0.39 is 0 Å². The molecule has 1 N–H and O–H groups in total. The zero-order valence-corrected chi connectivity index (χ0v) is 10.3. The number of aromatic nitrogens is 2. The van der Waals surface area contributed by atoms with Gasteiger partial charge in [-0.25, -0.2) is 4.39 Å². The van der Waals surface area contributed by atoms with Gasteiger partial charge in [-0.2, -0.15) is 4.98 Å². The third-order valence-corrected chi connectivity index (χ3v) is 2.99. The summed E-state index contributed by atoms with van der Waals surface area (Å²) < 4.78 is 23.4. The Bertz CT molecular complexity index is 535. The van der Waals surface area contributed by atoms with Crippen LogP contribution in [-0.2, 0) is 11.2 Å². The highest BCUT2D eigenvalue weighted by Gasteiger charge is 2.20. The van der Waals surface area contributed by atoms with Crippen molar-refractivity contribution in [1.29, 1.82) is 0 Å². The quantitative estimate of drug-likeness (QED) is 0.908. The highest BCUT2D eigenvalue weighted by Crippen LogP contribution is 2.14. The number of rotatable bonds is 3. The van der Waals surface area contributed by atoms with Crippen LogP contribution in [0.2, 0.25) is 0 Å². The van der Waals surface area contributed by atoms with Gasteiger partial charge in [0.15, 0.2) is 5.82 Å². The van der Waals surface area contributed by atoms with E-state index in [1.54, 1.807) is 12.1 Å². The van der Waals surface area contributed by atoms with Crippen molar-refractivity contribution in [1.82, 2.24) is 15.5 Å². The molecule has 1 fully saturated rings. The number of nitrogens with zero attached hydrogens (tertiary/aromatic N) is 2. The monoisotopic (exact) mass is 263 g/mol. The molecular formula is C13H14FN3O2. The van der Waals surface area contributed by atoms with Gasteiger partial charge >= 0.3 is 0 Å². The van der Waals surface area contributed by atoms with Crippen LogP contribution in [0.25, 0.3) is 0 Å². The van der Waals surface area contributed by atoms with E-state index in [4.69, 9.17) is 9.26 Å². The molecule has 1 unspecified atom stereocenters. The predicted octanol–water partition coefficient (Wildman–Crippen LogP) is 1.46. The smallest absolute Gasteiger partial charge is 0.231 e. The lowest BCUT2D eigenvalue weighted by Gasteiger charge is -2.20. The number of benzene rings is 1. The Kier molecular flexibility index (Phi) is 3.52. The third-order valence-electron chi connectivity index (χ3n) is 2.99. The van der Waals surface area contributed by atoms with Gasteiger partial charge < -0.3 is 14.6 Å². The molecule has 1 aliphatic heterocycles. The lowest BCUT2D eigenvalue weighted by Crippen LogP contribution is -2.35. The van der Waals surface area contributed by atoms with Crippen LogP contribution < -0.4 is 5.32 Å². The van der Waals surface area contributed by atoms with Crippen LogP contribution in [0.4, 0.5) is 4.39 Å². The SMILES string of the molecule is Fc1ccc(Cc2nc(C3COCCN3)no2)cc1. The predicted molar refractivity (Wildman–Crippen MR) is 65.1 cm³/mol. The van der Waals surface area contributed by atoms with E-state index >= 15 is 0 Å². The molecule has 0 aliphatic carbocycles. The fourth-order valence-electron chi connectivity index (χ4n) is 1.99. The average molecular weight is 263 g/mol. The number of ether oxygens (including phenoxy) is 1. The number of hydrogen-bond acceptors (Lipinski definition) is 5. The summed E-state index contributed by atoms with van der Waals surface area (Å²) in [6, 6.07) is 6.24. The highest BCUT2D eigenvalue weighted by atomic mass is 19.1. The molecule has 1 aromatic carbocycles. The van der Waals surface area contributed by atoms with Gasteiger partial charge in [-0.15, -0.1) is 0 Å². The summed E-state index contributed by atoms with van der Waals surface area (Å²) in [7, 11) is 0. The summed E-state index contributed by atoms with van der Waals surface area (Å²) in [4.78, 5) is 4.34. The second-order valence-corrected chi connectivity index (χ2v) is 4.43. The number of morpholine rings is 1. The van der Waals surface area contributed by atoms with Crippen LogP contribution in [0.3, 0.4) is 0 Å². The van der Waals surface area contributed by atoms with Crippen molar-refractivity contribution in [2.75, 3.05) is 19.8 Å². The summed E-state index contributed by atoms with van der Waals surface area (Å²) >= 11 is 0. The van der Waals surface area contributed by atoms with E-state index in [1.807, 2.05) is 0 Å². The number of nitrogens with one attached hydrogen (secondary N) is 1. The van der Waals surface area contributed by atoms with Crippen molar-refractivity contribution in [2.24, 2.45) is 0 Å². The first-order chi connectivity index (χ1) is 9.31. The maximum atomic E-state index is 12.8. The van der Waals surface area contributed by atoms with Gasteiger partial charge in [0, 0.05) is 6.54 Å². The normalized spacial score (nSPS) is 19.5. The lowest BCUT2D eigenvalue weighted by atomic mass is 10.1. The lowest BCUT2D eigenvalue weighted by molar-refractivity contribution is 0.0734. The number of halogens is 1. The molecule has 0 amide bonds. The largest absolute Gasteiger partial charge is 0.378 e. The van der Waals surface area contributed by atoms with Gasteiger partial charge in [0.1, 0.15) is 5.82 Å². The molecule has 1 saturated heterocycles. The first-order valence-corrected chi connectivity index (χ1v) is 6.19. The van der Waals surface area contributed by atoms with Crippen LogP contribution in [0, 0.1) is 5.82 Å². The van der Waals surface area contributed by atoms with E-state index in [2.05, 4.69) is 15.5 Å². The Morgan fingerprint density at radius 1 is 1.32 bits per heavy atom. The van der Waals surface area contributed by atoms with Gasteiger partial charge in [0.05, 0.1) is 25.7 Å². The van der Waals surface area contributed by atoms with Crippen molar-refractivity contribution in [3.05, 3.63) is 47.4 Å². The topological polar surface area (TPSA) is 60.2 Å². The zero-order chi connectivity index (χ0) is 13.1. The molecule has 19 heavy (non-hydrogen) atoms. The maximum Gasteiger partial charge on any atom is 0.231 e. The Morgan fingerprint density at radius 2 is 2.16 bits per heavy atom. The minimum atomic E-state index is -0.251. The third kappa shape index (κ3) is 2.97. The molecule has 6 heteroatoms. The second kappa shape index (κ2) is 5.46. The van der Waals surface area contributed by atoms with E-state index in [-0.39, 0.29) is 11.9 Å². The molecule has 0 bridgehead atoms. The minimum absolute atomic E-state index is 0.0144. The van der Waals surface area contributed by atoms with Crippen LogP contribution >= 0.6 is 0 Å². The molecule has 1 atom stereocenters. The summed E-state index contributed by atoms with van der Waals surface area (Å²) in [6.45, 7) is 2.04. The van der Waals surface area contributed by atoms with Crippen molar-refractivity contribution >= 4 is 0 Å². The van der Waals surface area contributed by atoms with E-state index in [9.17, 15) is 4.39 Å². The Balaban J connectivity index is 1.68. The minimum Gasteiger partial charge on any atom is -0.378 e. The molecule has 2 heterocycles. The Hall–Kier alpha value is -1.79. The van der Waals surface area contributed by atoms with Crippen molar-refractivity contribution < 1.29 is 13.7 Å². The molecule has 100 valence electrons. The molecule has 5 nitrogen and oxygen atoms in total. The highest BCUT2D eigenvalue weighted by molar-refractivity contribution is 5.19. The summed E-state index contributed by atoms with van der Waals surface area (Å²) in [5, 5.41) is 7.21. The summed E-state index contributed by atoms with van der Waals surface area (Å²) in [5.41, 5.74) is 0.935. The van der Waals surface area contributed by atoms with Gasteiger partial charge in [-0.1, -0.05) is 17.3 Å². The number of hydrogen-bond donors (Lipinski definition) is 1. The van der Waals surface area contributed by atoms with E-state index in [1.165, 1.54) is 12.1 Å². The van der Waals surface area contributed by atoms with Gasteiger partial charge in [0.25, 0.3) is 0 Å². The molecule has 3 rings (SSSR count). The van der Waals surface area contributed by atoms with E-state index in [0.29, 0.717) is 31.3 Å². The summed E-state index contributed by atoms with van der Waals surface area (Å²) in [5.74, 6) is 0.879. The van der Waals surface area contributed by atoms with Crippen molar-refractivity contribution in [2.45, 2.75) is 12.5 Å². The molecular weight excluding hydrogens is 249 g/mol. The van der Waals surface area contributed by atoms with Crippen LogP contribution in [0.5, 0.6) is 0 Å². The van der Waals surface area contributed by atoms with Gasteiger partial charge in [-0.05, 0) is 17.7 Å². The zero-order valence-electron chi connectivity index (χ0n) is 10.3. The molecule has 2 aromatic rings. The first-order valence-electron chi connectivity index (χ1n) is 6.19. The molecule has 0 spiro atoms. The Morgan fingerprint density at radius 3 is 2.89 bits per heavy atom. The molecule has 1 aliphatic rings. The molecule has 0 saturated carbocycles. The maximum absolute atomic E-state index is 12.8. The molecule has 0 radical (unpaired) electrons. The second-order valence-electron chi connectivity index (χ2n) is 4.43. The van der Waals surface area contributed by atoms with Crippen LogP contribution in [0.15, 0.2) is 28.8 Å². The van der Waals surface area contributed by atoms with Gasteiger partial charge in [0.2, 0.25) is 5.89 Å². The van der Waals surface area contributed by atoms with Crippen LogP contribution in [0.1, 0.15) is 23.3 Å². The fourth-order valence-corrected chi connectivity index (χ4v) is 1.99. The van der Waals surface area contributed by atoms with Crippen molar-refractivity contribution in [3.63, 3.8) is 0 Å².